The lowest BCUT2D eigenvalue weighted by molar-refractivity contribution is -0.174. The van der Waals surface area contributed by atoms with Crippen LogP contribution in [0.5, 0.6) is 0 Å². The topological polar surface area (TPSA) is 12.5 Å². The number of nitrogens with zero attached hydrogens (tertiary/aromatic N) is 1. The molecule has 1 heterocycles. The third-order valence-electron chi connectivity index (χ3n) is 3.15. The maximum atomic E-state index is 11.8. The first kappa shape index (κ1) is 16.1. The van der Waals surface area contributed by atoms with Gasteiger partial charge in [-0.25, -0.2) is 0 Å². The summed E-state index contributed by atoms with van der Waals surface area (Å²) in [6.45, 7) is 1.92. The van der Waals surface area contributed by atoms with Crippen molar-refractivity contribution in [2.45, 2.75) is 31.9 Å². The highest BCUT2D eigenvalue weighted by Crippen LogP contribution is 2.20. The Morgan fingerprint density at radius 1 is 1.33 bits per heavy atom. The minimum atomic E-state index is -4.21. The van der Waals surface area contributed by atoms with Crippen molar-refractivity contribution in [1.82, 2.24) is 4.90 Å². The number of rotatable bonds is 7. The van der Waals surface area contributed by atoms with Crippen molar-refractivity contribution >= 4 is 11.6 Å². The zero-order chi connectivity index (χ0) is 13.4. The summed E-state index contributed by atoms with van der Waals surface area (Å²) in [5.74, 6) is 1.33. The molecule has 0 bridgehead atoms. The first-order valence-electron chi connectivity index (χ1n) is 6.44. The van der Waals surface area contributed by atoms with Crippen LogP contribution in [0.3, 0.4) is 0 Å². The van der Waals surface area contributed by atoms with Crippen molar-refractivity contribution in [3.8, 4) is 0 Å². The van der Waals surface area contributed by atoms with Crippen LogP contribution < -0.4 is 0 Å². The van der Waals surface area contributed by atoms with E-state index in [-0.39, 0.29) is 6.61 Å². The molecule has 2 nitrogen and oxygen atoms in total. The predicted molar refractivity (Wildman–Crippen MR) is 66.0 cm³/mol. The molecule has 1 aliphatic heterocycles. The van der Waals surface area contributed by atoms with Gasteiger partial charge in [-0.1, -0.05) is 0 Å². The maximum Gasteiger partial charge on any atom is 0.411 e. The highest BCUT2D eigenvalue weighted by atomic mass is 35.5. The first-order valence-corrected chi connectivity index (χ1v) is 6.97. The Balaban J connectivity index is 2.04. The molecule has 0 spiro atoms. The molecule has 108 valence electrons. The molecule has 0 N–H and O–H groups in total. The molecule has 0 aromatic heterocycles. The Labute approximate surface area is 111 Å². The number of piperidine rings is 1. The molecule has 1 aliphatic rings. The van der Waals surface area contributed by atoms with Gasteiger partial charge in [-0.15, -0.1) is 11.6 Å². The van der Waals surface area contributed by atoms with Crippen molar-refractivity contribution in [3.05, 3.63) is 0 Å². The third-order valence-corrected chi connectivity index (χ3v) is 3.37. The Bertz CT molecular complexity index is 224. The van der Waals surface area contributed by atoms with Gasteiger partial charge in [0.1, 0.15) is 6.61 Å². The molecule has 6 heteroatoms. The number of likely N-dealkylation sites (tertiary alicyclic amines) is 1. The van der Waals surface area contributed by atoms with E-state index >= 15 is 0 Å². The van der Waals surface area contributed by atoms with Gasteiger partial charge in [-0.05, 0) is 38.1 Å². The molecule has 1 atom stereocenters. The second-order valence-corrected chi connectivity index (χ2v) is 5.19. The van der Waals surface area contributed by atoms with Crippen molar-refractivity contribution in [2.24, 2.45) is 5.92 Å². The van der Waals surface area contributed by atoms with Crippen LogP contribution in [0, 0.1) is 5.92 Å². The summed E-state index contributed by atoms with van der Waals surface area (Å²) in [6.07, 6.45) is -0.151. The molecule has 1 unspecified atom stereocenters. The van der Waals surface area contributed by atoms with Crippen LogP contribution in [0.15, 0.2) is 0 Å². The molecule has 0 aromatic carbocycles. The van der Waals surface area contributed by atoms with Crippen molar-refractivity contribution < 1.29 is 17.9 Å². The maximum absolute atomic E-state index is 11.8. The van der Waals surface area contributed by atoms with E-state index in [0.717, 1.165) is 32.5 Å². The van der Waals surface area contributed by atoms with Crippen LogP contribution in [0.4, 0.5) is 13.2 Å². The second kappa shape index (κ2) is 8.23. The average Bonchev–Trinajstić information content (AvgIpc) is 2.28. The quantitative estimate of drug-likeness (QED) is 0.526. The molecule has 0 saturated carbocycles. The Kier molecular flexibility index (Phi) is 7.34. The van der Waals surface area contributed by atoms with Crippen molar-refractivity contribution in [2.75, 3.05) is 38.7 Å². The monoisotopic (exact) mass is 287 g/mol. The van der Waals surface area contributed by atoms with E-state index in [1.807, 2.05) is 0 Å². The average molecular weight is 288 g/mol. The zero-order valence-corrected chi connectivity index (χ0v) is 11.3. The van der Waals surface area contributed by atoms with Crippen LogP contribution in [0.2, 0.25) is 0 Å². The minimum Gasteiger partial charge on any atom is -0.372 e. The van der Waals surface area contributed by atoms with E-state index in [2.05, 4.69) is 9.64 Å². The summed E-state index contributed by atoms with van der Waals surface area (Å²) in [5, 5.41) is 0. The van der Waals surface area contributed by atoms with E-state index in [0.29, 0.717) is 18.2 Å². The number of ether oxygens (including phenoxy) is 1. The summed E-state index contributed by atoms with van der Waals surface area (Å²) in [5.41, 5.74) is 0. The van der Waals surface area contributed by atoms with E-state index < -0.39 is 12.8 Å². The smallest absolute Gasteiger partial charge is 0.372 e. The highest BCUT2D eigenvalue weighted by Gasteiger charge is 2.27. The lowest BCUT2D eigenvalue weighted by atomic mass is 9.95. The number of halogens is 4. The van der Waals surface area contributed by atoms with Gasteiger partial charge >= 0.3 is 6.18 Å². The standard InChI is InChI=1S/C12H21ClF3NO/c13-5-4-11-3-1-6-17(9-11)7-2-8-18-10-12(14,15)16/h11H,1-10H2. The summed E-state index contributed by atoms with van der Waals surface area (Å²) in [6, 6.07) is 0. The fraction of sp³-hybridized carbons (Fsp3) is 1.00. The van der Waals surface area contributed by atoms with Gasteiger partial charge in [0.15, 0.2) is 0 Å². The number of hydrogen-bond donors (Lipinski definition) is 0. The highest BCUT2D eigenvalue weighted by molar-refractivity contribution is 6.17. The van der Waals surface area contributed by atoms with Gasteiger partial charge in [0, 0.05) is 25.6 Å². The minimum absolute atomic E-state index is 0.177. The van der Waals surface area contributed by atoms with Crippen molar-refractivity contribution in [3.63, 3.8) is 0 Å². The summed E-state index contributed by atoms with van der Waals surface area (Å²) >= 11 is 5.73. The second-order valence-electron chi connectivity index (χ2n) is 4.81. The number of hydrogen-bond acceptors (Lipinski definition) is 2. The molecular weight excluding hydrogens is 267 g/mol. The molecule has 0 radical (unpaired) electrons. The predicted octanol–water partition coefficient (Wildman–Crippen LogP) is 3.30. The van der Waals surface area contributed by atoms with E-state index in [9.17, 15) is 13.2 Å². The normalized spacial score (nSPS) is 22.3. The lowest BCUT2D eigenvalue weighted by Gasteiger charge is -2.32. The van der Waals surface area contributed by atoms with Gasteiger partial charge in [0.25, 0.3) is 0 Å². The van der Waals surface area contributed by atoms with Gasteiger partial charge in [-0.3, -0.25) is 0 Å². The van der Waals surface area contributed by atoms with Crippen LogP contribution in [-0.4, -0.2) is 49.8 Å². The summed E-state index contributed by atoms with van der Waals surface area (Å²) < 4.78 is 40.1. The third kappa shape index (κ3) is 7.44. The van der Waals surface area contributed by atoms with Crippen molar-refractivity contribution in [1.29, 1.82) is 0 Å². The molecule has 0 aromatic rings. The van der Waals surface area contributed by atoms with Crippen LogP contribution in [0.25, 0.3) is 0 Å². The Hall–Kier alpha value is 0. The van der Waals surface area contributed by atoms with Crippen LogP contribution in [0.1, 0.15) is 25.7 Å². The van der Waals surface area contributed by atoms with Gasteiger partial charge in [-0.2, -0.15) is 13.2 Å². The fourth-order valence-electron chi connectivity index (χ4n) is 2.32. The van der Waals surface area contributed by atoms with Gasteiger partial charge < -0.3 is 9.64 Å². The van der Waals surface area contributed by atoms with Crippen LogP contribution >= 0.6 is 11.6 Å². The molecule has 1 fully saturated rings. The van der Waals surface area contributed by atoms with E-state index in [1.54, 1.807) is 0 Å². The molecule has 0 aliphatic carbocycles. The molecule has 0 amide bonds. The lowest BCUT2D eigenvalue weighted by Crippen LogP contribution is -2.36. The summed E-state index contributed by atoms with van der Waals surface area (Å²) in [7, 11) is 0. The molecule has 1 saturated heterocycles. The summed E-state index contributed by atoms with van der Waals surface area (Å²) in [4.78, 5) is 2.30. The molecule has 18 heavy (non-hydrogen) atoms. The Morgan fingerprint density at radius 2 is 2.11 bits per heavy atom. The van der Waals surface area contributed by atoms with E-state index in [1.165, 1.54) is 6.42 Å². The fourth-order valence-corrected chi connectivity index (χ4v) is 2.63. The van der Waals surface area contributed by atoms with Gasteiger partial charge in [0.05, 0.1) is 0 Å². The SMILES string of the molecule is FC(F)(F)COCCCN1CCCC(CCCl)C1. The number of alkyl halides is 4. The molecule has 1 rings (SSSR count). The van der Waals surface area contributed by atoms with Crippen LogP contribution in [-0.2, 0) is 4.74 Å². The zero-order valence-electron chi connectivity index (χ0n) is 10.5. The largest absolute Gasteiger partial charge is 0.411 e. The first-order chi connectivity index (χ1) is 8.51. The molecular formula is C12H21ClF3NO. The Morgan fingerprint density at radius 3 is 2.78 bits per heavy atom. The van der Waals surface area contributed by atoms with Gasteiger partial charge in [0.2, 0.25) is 0 Å². The van der Waals surface area contributed by atoms with E-state index in [4.69, 9.17) is 11.6 Å².